The largest absolute Gasteiger partial charge is 0.328 e. The second kappa shape index (κ2) is 4.43. The summed E-state index contributed by atoms with van der Waals surface area (Å²) < 4.78 is 0. The van der Waals surface area contributed by atoms with Crippen LogP contribution in [0.1, 0.15) is 40.5 Å². The van der Waals surface area contributed by atoms with Crippen LogP contribution < -0.4 is 5.73 Å². The maximum absolute atomic E-state index is 5.94. The second-order valence-corrected chi connectivity index (χ2v) is 4.86. The summed E-state index contributed by atoms with van der Waals surface area (Å²) >= 11 is 0. The fourth-order valence-corrected chi connectivity index (χ4v) is 2.21. The van der Waals surface area contributed by atoms with Gasteiger partial charge in [0.2, 0.25) is 0 Å². The number of piperidine rings is 1. The van der Waals surface area contributed by atoms with Crippen LogP contribution in [0.4, 0.5) is 0 Å². The van der Waals surface area contributed by atoms with Crippen molar-refractivity contribution in [3.05, 3.63) is 0 Å². The van der Waals surface area contributed by atoms with Gasteiger partial charge in [-0.05, 0) is 32.6 Å². The Bertz CT molecular complexity index is 156. The molecule has 0 aromatic carbocycles. The van der Waals surface area contributed by atoms with Crippen molar-refractivity contribution < 1.29 is 0 Å². The zero-order valence-electron chi connectivity index (χ0n) is 9.46. The molecule has 3 atom stereocenters. The molecule has 1 heterocycles. The Morgan fingerprint density at radius 1 is 1.31 bits per heavy atom. The third kappa shape index (κ3) is 2.68. The Morgan fingerprint density at radius 2 is 1.92 bits per heavy atom. The molecule has 2 heteroatoms. The molecule has 13 heavy (non-hydrogen) atoms. The molecule has 0 saturated carbocycles. The van der Waals surface area contributed by atoms with Gasteiger partial charge in [0.15, 0.2) is 0 Å². The Hall–Kier alpha value is -0.0800. The second-order valence-electron chi connectivity index (χ2n) is 4.86. The highest BCUT2D eigenvalue weighted by atomic mass is 15.2. The van der Waals surface area contributed by atoms with Gasteiger partial charge < -0.3 is 5.73 Å². The van der Waals surface area contributed by atoms with E-state index < -0.39 is 0 Å². The summed E-state index contributed by atoms with van der Waals surface area (Å²) in [5, 5.41) is 0. The van der Waals surface area contributed by atoms with Crippen LogP contribution in [0.15, 0.2) is 0 Å². The molecule has 0 aliphatic carbocycles. The lowest BCUT2D eigenvalue weighted by atomic mass is 9.94. The number of nitrogens with two attached hydrogens (primary N) is 1. The average molecular weight is 184 g/mol. The monoisotopic (exact) mass is 184 g/mol. The molecule has 0 aromatic rings. The first-order chi connectivity index (χ1) is 6.02. The smallest absolute Gasteiger partial charge is 0.00927 e. The van der Waals surface area contributed by atoms with E-state index in [1.807, 2.05) is 0 Å². The average Bonchev–Trinajstić information content (AvgIpc) is 2.03. The van der Waals surface area contributed by atoms with Gasteiger partial charge in [0.05, 0.1) is 0 Å². The van der Waals surface area contributed by atoms with Crippen LogP contribution in [0, 0.1) is 5.92 Å². The van der Waals surface area contributed by atoms with Crippen molar-refractivity contribution in [3.8, 4) is 0 Å². The summed E-state index contributed by atoms with van der Waals surface area (Å²) in [4.78, 5) is 2.61. The molecule has 1 aliphatic heterocycles. The highest BCUT2D eigenvalue weighted by Gasteiger charge is 2.27. The molecule has 0 spiro atoms. The summed E-state index contributed by atoms with van der Waals surface area (Å²) in [6.07, 6.45) is 2.33. The molecule has 78 valence electrons. The van der Waals surface area contributed by atoms with E-state index in [9.17, 15) is 0 Å². The predicted molar refractivity (Wildman–Crippen MR) is 57.7 cm³/mol. The van der Waals surface area contributed by atoms with E-state index in [1.165, 1.54) is 13.0 Å². The van der Waals surface area contributed by atoms with Crippen LogP contribution in [0.5, 0.6) is 0 Å². The third-order valence-corrected chi connectivity index (χ3v) is 3.46. The number of hydrogen-bond donors (Lipinski definition) is 1. The van der Waals surface area contributed by atoms with Gasteiger partial charge in [-0.2, -0.15) is 0 Å². The van der Waals surface area contributed by atoms with E-state index in [1.54, 1.807) is 0 Å². The lowest BCUT2D eigenvalue weighted by Gasteiger charge is -2.41. The van der Waals surface area contributed by atoms with Crippen LogP contribution in [0.3, 0.4) is 0 Å². The van der Waals surface area contributed by atoms with Gasteiger partial charge in [-0.25, -0.2) is 0 Å². The van der Waals surface area contributed by atoms with Crippen molar-refractivity contribution in [1.29, 1.82) is 0 Å². The molecular weight excluding hydrogens is 160 g/mol. The fourth-order valence-electron chi connectivity index (χ4n) is 2.21. The van der Waals surface area contributed by atoms with Crippen molar-refractivity contribution >= 4 is 0 Å². The quantitative estimate of drug-likeness (QED) is 0.709. The Morgan fingerprint density at radius 3 is 2.38 bits per heavy atom. The van der Waals surface area contributed by atoms with Crippen LogP contribution in [0.2, 0.25) is 0 Å². The fraction of sp³-hybridized carbons (Fsp3) is 1.00. The van der Waals surface area contributed by atoms with Gasteiger partial charge in [0, 0.05) is 24.7 Å². The summed E-state index contributed by atoms with van der Waals surface area (Å²) in [5.41, 5.74) is 5.94. The van der Waals surface area contributed by atoms with E-state index in [2.05, 4.69) is 32.6 Å². The number of rotatable bonds is 2. The number of nitrogens with zero attached hydrogens (tertiary/aromatic N) is 1. The number of hydrogen-bond acceptors (Lipinski definition) is 2. The number of likely N-dealkylation sites (tertiary alicyclic amines) is 1. The maximum atomic E-state index is 5.94. The van der Waals surface area contributed by atoms with Crippen molar-refractivity contribution in [1.82, 2.24) is 4.90 Å². The van der Waals surface area contributed by atoms with Crippen molar-refractivity contribution in [2.24, 2.45) is 11.7 Å². The predicted octanol–water partition coefficient (Wildman–Crippen LogP) is 1.84. The summed E-state index contributed by atoms with van der Waals surface area (Å²) in [6.45, 7) is 10.4. The molecule has 1 rings (SSSR count). The topological polar surface area (TPSA) is 29.3 Å². The zero-order valence-corrected chi connectivity index (χ0v) is 9.46. The van der Waals surface area contributed by atoms with E-state index in [0.717, 1.165) is 12.3 Å². The Balaban J connectivity index is 2.50. The molecule has 0 aromatic heterocycles. The van der Waals surface area contributed by atoms with Crippen molar-refractivity contribution in [3.63, 3.8) is 0 Å². The highest BCUT2D eigenvalue weighted by molar-refractivity contribution is 4.84. The summed E-state index contributed by atoms with van der Waals surface area (Å²) in [6, 6.07) is 1.80. The van der Waals surface area contributed by atoms with Gasteiger partial charge in [-0.15, -0.1) is 0 Å². The minimum atomic E-state index is 0.436. The Labute approximate surface area is 82.5 Å². The normalized spacial score (nSPS) is 33.7. The standard InChI is InChI=1S/C11H24N2/c1-8(2)10(4)13-6-5-11(12)7-9(13)3/h8-11H,5-7,12H2,1-4H3. The highest BCUT2D eigenvalue weighted by Crippen LogP contribution is 2.21. The molecule has 0 bridgehead atoms. The van der Waals surface area contributed by atoms with Crippen LogP contribution >= 0.6 is 0 Å². The SMILES string of the molecule is CC(C)C(C)N1CCC(N)CC1C. The molecule has 2 N–H and O–H groups in total. The van der Waals surface area contributed by atoms with E-state index in [-0.39, 0.29) is 0 Å². The molecule has 1 aliphatic rings. The van der Waals surface area contributed by atoms with Gasteiger partial charge in [0.1, 0.15) is 0 Å². The minimum Gasteiger partial charge on any atom is -0.328 e. The third-order valence-electron chi connectivity index (χ3n) is 3.46. The van der Waals surface area contributed by atoms with Gasteiger partial charge >= 0.3 is 0 Å². The van der Waals surface area contributed by atoms with Crippen molar-refractivity contribution in [2.45, 2.75) is 58.7 Å². The first-order valence-electron chi connectivity index (χ1n) is 5.53. The van der Waals surface area contributed by atoms with Crippen LogP contribution in [-0.4, -0.2) is 29.6 Å². The van der Waals surface area contributed by atoms with E-state index in [4.69, 9.17) is 5.73 Å². The molecule has 1 saturated heterocycles. The van der Waals surface area contributed by atoms with Gasteiger partial charge in [0.25, 0.3) is 0 Å². The maximum Gasteiger partial charge on any atom is 0.00927 e. The van der Waals surface area contributed by atoms with E-state index in [0.29, 0.717) is 18.1 Å². The Kier molecular flexibility index (Phi) is 3.74. The van der Waals surface area contributed by atoms with Crippen LogP contribution in [-0.2, 0) is 0 Å². The molecule has 0 amide bonds. The molecule has 0 radical (unpaired) electrons. The van der Waals surface area contributed by atoms with Gasteiger partial charge in [-0.1, -0.05) is 13.8 Å². The van der Waals surface area contributed by atoms with Crippen molar-refractivity contribution in [2.75, 3.05) is 6.54 Å². The lowest BCUT2D eigenvalue weighted by Crippen LogP contribution is -2.50. The van der Waals surface area contributed by atoms with E-state index >= 15 is 0 Å². The zero-order chi connectivity index (χ0) is 10.0. The van der Waals surface area contributed by atoms with Gasteiger partial charge in [-0.3, -0.25) is 4.90 Å². The first-order valence-corrected chi connectivity index (χ1v) is 5.53. The minimum absolute atomic E-state index is 0.436. The molecule has 2 nitrogen and oxygen atoms in total. The molecule has 3 unspecified atom stereocenters. The summed E-state index contributed by atoms with van der Waals surface area (Å²) in [7, 11) is 0. The molecule has 1 fully saturated rings. The molecular formula is C11H24N2. The lowest BCUT2D eigenvalue weighted by molar-refractivity contribution is 0.0806. The first kappa shape index (κ1) is 11.0. The van der Waals surface area contributed by atoms with Crippen LogP contribution in [0.25, 0.3) is 0 Å². The summed E-state index contributed by atoms with van der Waals surface area (Å²) in [5.74, 6) is 0.747.